The van der Waals surface area contributed by atoms with Crippen molar-refractivity contribution in [3.63, 3.8) is 0 Å². The molecule has 0 bridgehead atoms. The molecule has 2 aliphatic heterocycles. The quantitative estimate of drug-likeness (QED) is 0.488. The predicted molar refractivity (Wildman–Crippen MR) is 133 cm³/mol. The van der Waals surface area contributed by atoms with Crippen molar-refractivity contribution in [3.8, 4) is 11.5 Å². The molecule has 7 heteroatoms. The van der Waals surface area contributed by atoms with Crippen LogP contribution in [0.1, 0.15) is 16.7 Å². The van der Waals surface area contributed by atoms with Crippen LogP contribution in [-0.4, -0.2) is 52.6 Å². The largest absolute Gasteiger partial charge is 0.479 e. The molecule has 0 fully saturated rings. The number of aliphatic hydroxyl groups is 2. The second-order valence-electron chi connectivity index (χ2n) is 9.31. The van der Waals surface area contributed by atoms with E-state index in [1.54, 1.807) is 36.4 Å². The maximum absolute atomic E-state index is 13.7. The fourth-order valence-electron chi connectivity index (χ4n) is 4.68. The number of hydrogen-bond acceptors (Lipinski definition) is 5. The summed E-state index contributed by atoms with van der Waals surface area (Å²) < 4.78 is 39.8. The summed E-state index contributed by atoms with van der Waals surface area (Å²) >= 11 is 0. The molecule has 3 aromatic rings. The Morgan fingerprint density at radius 3 is 1.67 bits per heavy atom. The number of benzene rings is 3. The van der Waals surface area contributed by atoms with Crippen molar-refractivity contribution >= 4 is 12.2 Å². The summed E-state index contributed by atoms with van der Waals surface area (Å²) in [5.41, 5.74) is 0.0553. The van der Waals surface area contributed by atoms with Crippen LogP contribution < -0.4 is 9.47 Å². The van der Waals surface area contributed by atoms with E-state index >= 15 is 0 Å². The lowest BCUT2D eigenvalue weighted by molar-refractivity contribution is -0.0233. The Morgan fingerprint density at radius 1 is 0.694 bits per heavy atom. The van der Waals surface area contributed by atoms with Crippen LogP contribution in [0.25, 0.3) is 12.2 Å². The van der Waals surface area contributed by atoms with Crippen molar-refractivity contribution < 1.29 is 28.5 Å². The van der Waals surface area contributed by atoms with Gasteiger partial charge in [-0.2, -0.15) is 0 Å². The third-order valence-electron chi connectivity index (χ3n) is 6.47. The number of fused-ring (bicyclic) bond motifs is 2. The predicted octanol–water partition coefficient (Wildman–Crippen LogP) is 4.44. The lowest BCUT2D eigenvalue weighted by atomic mass is 9.94. The minimum absolute atomic E-state index is 0.265. The standard InChI is InChI=1S/C29H27F2NO4/c30-24-6-8-26-22(14-24)10-12-28(19-33,35-26)17-32(16-21-4-2-1-3-5-21)18-29(20-34)13-11-23-15-25(31)7-9-27(23)36-29/h1-15,33-34H,16-20H2. The van der Waals surface area contributed by atoms with E-state index in [1.165, 1.54) is 24.3 Å². The Labute approximate surface area is 208 Å². The zero-order valence-electron chi connectivity index (χ0n) is 19.6. The van der Waals surface area contributed by atoms with Crippen LogP contribution in [0.15, 0.2) is 78.9 Å². The first-order valence-corrected chi connectivity index (χ1v) is 11.8. The molecule has 36 heavy (non-hydrogen) atoms. The molecule has 0 aromatic heterocycles. The van der Waals surface area contributed by atoms with Crippen LogP contribution in [0.4, 0.5) is 8.78 Å². The molecule has 0 amide bonds. The molecule has 0 radical (unpaired) electrons. The molecule has 5 nitrogen and oxygen atoms in total. The van der Waals surface area contributed by atoms with Gasteiger partial charge in [-0.1, -0.05) is 42.5 Å². The fourth-order valence-corrected chi connectivity index (χ4v) is 4.68. The Balaban J connectivity index is 1.44. The van der Waals surface area contributed by atoms with Gasteiger partial charge in [-0.15, -0.1) is 0 Å². The van der Waals surface area contributed by atoms with E-state index in [2.05, 4.69) is 0 Å². The van der Waals surface area contributed by atoms with Gasteiger partial charge < -0.3 is 19.7 Å². The highest BCUT2D eigenvalue weighted by atomic mass is 19.1. The van der Waals surface area contributed by atoms with Gasteiger partial charge in [0.1, 0.15) is 23.1 Å². The van der Waals surface area contributed by atoms with Gasteiger partial charge in [0.2, 0.25) is 0 Å². The minimum Gasteiger partial charge on any atom is -0.479 e. The summed E-state index contributed by atoms with van der Waals surface area (Å²) in [5.74, 6) is 0.231. The summed E-state index contributed by atoms with van der Waals surface area (Å²) in [6, 6.07) is 18.3. The molecule has 0 saturated heterocycles. The van der Waals surface area contributed by atoms with Gasteiger partial charge in [-0.3, -0.25) is 4.90 Å². The third-order valence-corrected chi connectivity index (χ3v) is 6.47. The van der Waals surface area contributed by atoms with Crippen molar-refractivity contribution in [3.05, 3.63) is 107 Å². The van der Waals surface area contributed by atoms with E-state index in [0.29, 0.717) is 29.2 Å². The normalized spacial score (nSPS) is 22.0. The molecule has 2 unspecified atom stereocenters. The number of nitrogens with zero attached hydrogens (tertiary/aromatic N) is 1. The summed E-state index contributed by atoms with van der Waals surface area (Å²) in [4.78, 5) is 2.04. The highest BCUT2D eigenvalue weighted by Gasteiger charge is 2.39. The van der Waals surface area contributed by atoms with Crippen LogP contribution in [0.5, 0.6) is 11.5 Å². The Morgan fingerprint density at radius 2 is 1.19 bits per heavy atom. The van der Waals surface area contributed by atoms with Crippen LogP contribution >= 0.6 is 0 Å². The van der Waals surface area contributed by atoms with Crippen LogP contribution in [0.2, 0.25) is 0 Å². The van der Waals surface area contributed by atoms with Crippen LogP contribution in [0, 0.1) is 11.6 Å². The topological polar surface area (TPSA) is 62.2 Å². The molecule has 2 atom stereocenters. The average Bonchev–Trinajstić information content (AvgIpc) is 2.89. The Kier molecular flexibility index (Phi) is 6.62. The Bertz CT molecular complexity index is 1220. The van der Waals surface area contributed by atoms with Crippen molar-refractivity contribution in [1.29, 1.82) is 0 Å². The van der Waals surface area contributed by atoms with Gasteiger partial charge in [0.15, 0.2) is 11.2 Å². The molecule has 2 N–H and O–H groups in total. The third kappa shape index (κ3) is 5.04. The van der Waals surface area contributed by atoms with E-state index in [9.17, 15) is 19.0 Å². The van der Waals surface area contributed by atoms with Crippen molar-refractivity contribution in [2.75, 3.05) is 26.3 Å². The first kappa shape index (κ1) is 24.2. The summed E-state index contributed by atoms with van der Waals surface area (Å²) in [6.07, 6.45) is 6.99. The number of rotatable bonds is 8. The van der Waals surface area contributed by atoms with Crippen LogP contribution in [-0.2, 0) is 6.54 Å². The van der Waals surface area contributed by atoms with E-state index < -0.39 is 11.2 Å². The molecule has 5 rings (SSSR count). The lowest BCUT2D eigenvalue weighted by Crippen LogP contribution is -2.55. The molecule has 2 heterocycles. The van der Waals surface area contributed by atoms with Crippen molar-refractivity contribution in [1.82, 2.24) is 4.90 Å². The summed E-state index contributed by atoms with van der Waals surface area (Å²) in [5, 5.41) is 20.8. The molecular formula is C29H27F2NO4. The molecular weight excluding hydrogens is 464 g/mol. The maximum atomic E-state index is 13.7. The SMILES string of the molecule is OCC1(CN(Cc2ccccc2)CC2(CO)C=Cc3cc(F)ccc3O2)C=Cc2cc(F)ccc2O1. The fraction of sp³-hybridized carbons (Fsp3) is 0.241. The highest BCUT2D eigenvalue weighted by Crippen LogP contribution is 2.35. The van der Waals surface area contributed by atoms with E-state index in [0.717, 1.165) is 5.56 Å². The zero-order chi connectivity index (χ0) is 25.2. The second kappa shape index (κ2) is 9.85. The lowest BCUT2D eigenvalue weighted by Gasteiger charge is -2.42. The van der Waals surface area contributed by atoms with Gasteiger partial charge in [0.25, 0.3) is 0 Å². The Hall–Kier alpha value is -3.52. The average molecular weight is 492 g/mol. The van der Waals surface area contributed by atoms with Crippen molar-refractivity contribution in [2.45, 2.75) is 17.7 Å². The van der Waals surface area contributed by atoms with Gasteiger partial charge in [-0.05, 0) is 54.1 Å². The number of ether oxygens (including phenoxy) is 2. The molecule has 0 saturated carbocycles. The van der Waals surface area contributed by atoms with Gasteiger partial charge in [0, 0.05) is 30.8 Å². The first-order valence-electron chi connectivity index (χ1n) is 11.8. The van der Waals surface area contributed by atoms with E-state index in [-0.39, 0.29) is 37.9 Å². The molecule has 0 spiro atoms. The summed E-state index contributed by atoms with van der Waals surface area (Å²) in [6.45, 7) is 0.403. The number of hydrogen-bond donors (Lipinski definition) is 2. The zero-order valence-corrected chi connectivity index (χ0v) is 19.6. The maximum Gasteiger partial charge on any atom is 0.163 e. The summed E-state index contributed by atoms with van der Waals surface area (Å²) in [7, 11) is 0. The molecule has 0 aliphatic carbocycles. The monoisotopic (exact) mass is 491 g/mol. The van der Waals surface area contributed by atoms with Crippen LogP contribution in [0.3, 0.4) is 0 Å². The molecule has 3 aromatic carbocycles. The molecule has 2 aliphatic rings. The van der Waals surface area contributed by atoms with Gasteiger partial charge in [0.05, 0.1) is 13.2 Å². The number of aliphatic hydroxyl groups excluding tert-OH is 2. The first-order chi connectivity index (χ1) is 17.4. The van der Waals surface area contributed by atoms with E-state index in [1.807, 2.05) is 35.2 Å². The van der Waals surface area contributed by atoms with Gasteiger partial charge in [-0.25, -0.2) is 8.78 Å². The minimum atomic E-state index is -1.09. The van der Waals surface area contributed by atoms with E-state index in [4.69, 9.17) is 9.47 Å². The smallest absolute Gasteiger partial charge is 0.163 e. The highest BCUT2D eigenvalue weighted by molar-refractivity contribution is 5.62. The van der Waals surface area contributed by atoms with Gasteiger partial charge >= 0.3 is 0 Å². The number of halogens is 2. The second-order valence-corrected chi connectivity index (χ2v) is 9.31. The molecule has 186 valence electrons. The van der Waals surface area contributed by atoms with Crippen molar-refractivity contribution in [2.24, 2.45) is 0 Å².